The molecule has 0 saturated heterocycles. The van der Waals surface area contributed by atoms with Crippen molar-refractivity contribution in [3.05, 3.63) is 87.3 Å². The maximum atomic E-state index is 13.3. The number of aromatic carboxylic acids is 1. The number of Topliss-reactive ketones (excluding diaryl/α,β-unsaturated/α-hetero) is 1. The summed E-state index contributed by atoms with van der Waals surface area (Å²) in [5.74, 6) is -1.84. The van der Waals surface area contributed by atoms with E-state index in [0.717, 1.165) is 11.6 Å². The zero-order valence-electron chi connectivity index (χ0n) is 15.7. The molecule has 0 aliphatic heterocycles. The molecule has 0 fully saturated rings. The van der Waals surface area contributed by atoms with E-state index in [-0.39, 0.29) is 50.9 Å². The highest BCUT2D eigenvalue weighted by molar-refractivity contribution is 6.32. The van der Waals surface area contributed by atoms with Gasteiger partial charge in [0.15, 0.2) is 5.78 Å². The van der Waals surface area contributed by atoms with Gasteiger partial charge < -0.3 is 9.84 Å². The Morgan fingerprint density at radius 1 is 1.13 bits per heavy atom. The normalized spacial score (nSPS) is 11.7. The summed E-state index contributed by atoms with van der Waals surface area (Å²) in [7, 11) is 0. The molecule has 0 aliphatic rings. The lowest BCUT2D eigenvalue weighted by Gasteiger charge is -2.14. The molecule has 1 atom stereocenters. The highest BCUT2D eigenvalue weighted by atomic mass is 35.5. The summed E-state index contributed by atoms with van der Waals surface area (Å²) < 4.78 is 18.9. The zero-order valence-corrected chi connectivity index (χ0v) is 17.2. The van der Waals surface area contributed by atoms with Crippen LogP contribution in [-0.4, -0.2) is 21.8 Å². The molecule has 5 nitrogen and oxygen atoms in total. The number of carbonyl (C=O) groups excluding carboxylic acids is 1. The third-order valence-corrected chi connectivity index (χ3v) is 4.94. The van der Waals surface area contributed by atoms with Crippen LogP contribution in [0.1, 0.15) is 45.5 Å². The quantitative estimate of drug-likeness (QED) is 0.424. The smallest absolute Gasteiger partial charge is 0.335 e. The fraction of sp³-hybridized carbons (Fsp3) is 0.136. The molecule has 0 aliphatic carbocycles. The molecule has 0 spiro atoms. The Hall–Kier alpha value is -2.96. The molecule has 154 valence electrons. The van der Waals surface area contributed by atoms with Crippen molar-refractivity contribution in [2.24, 2.45) is 0 Å². The number of nitrogens with zero attached hydrogens (tertiary/aromatic N) is 1. The molecule has 0 unspecified atom stereocenters. The first-order valence-electron chi connectivity index (χ1n) is 8.89. The Kier molecular flexibility index (Phi) is 6.70. The van der Waals surface area contributed by atoms with E-state index >= 15 is 0 Å². The van der Waals surface area contributed by atoms with Gasteiger partial charge in [-0.25, -0.2) is 14.2 Å². The van der Waals surface area contributed by atoms with Gasteiger partial charge in [0, 0.05) is 12.6 Å². The van der Waals surface area contributed by atoms with Gasteiger partial charge in [0.2, 0.25) is 5.88 Å². The van der Waals surface area contributed by atoms with Crippen LogP contribution in [0.25, 0.3) is 0 Å². The van der Waals surface area contributed by atoms with E-state index in [1.165, 1.54) is 36.5 Å². The van der Waals surface area contributed by atoms with Crippen molar-refractivity contribution in [3.8, 4) is 11.6 Å². The molecular weight excluding hydrogens is 432 g/mol. The minimum atomic E-state index is -1.02. The number of hydrogen-bond donors (Lipinski definition) is 1. The third-order valence-electron chi connectivity index (χ3n) is 4.44. The number of rotatable bonds is 7. The van der Waals surface area contributed by atoms with E-state index < -0.39 is 11.8 Å². The van der Waals surface area contributed by atoms with E-state index in [2.05, 4.69) is 4.98 Å². The topological polar surface area (TPSA) is 76.5 Å². The summed E-state index contributed by atoms with van der Waals surface area (Å²) in [6, 6.07) is 11.4. The van der Waals surface area contributed by atoms with Gasteiger partial charge in [-0.3, -0.25) is 4.79 Å². The van der Waals surface area contributed by atoms with Crippen molar-refractivity contribution < 1.29 is 23.8 Å². The summed E-state index contributed by atoms with van der Waals surface area (Å²) in [5, 5.41) is 9.30. The number of carbonyl (C=O) groups is 2. The van der Waals surface area contributed by atoms with E-state index in [0.29, 0.717) is 0 Å². The molecule has 8 heteroatoms. The maximum absolute atomic E-state index is 13.3. The Labute approximate surface area is 182 Å². The van der Waals surface area contributed by atoms with Crippen molar-refractivity contribution >= 4 is 35.0 Å². The number of ketones is 1. The van der Waals surface area contributed by atoms with E-state index in [9.17, 15) is 14.0 Å². The molecule has 0 amide bonds. The predicted molar refractivity (Wildman–Crippen MR) is 111 cm³/mol. The Bertz CT molecular complexity index is 1100. The van der Waals surface area contributed by atoms with Gasteiger partial charge in [-0.05, 0) is 47.9 Å². The second-order valence-electron chi connectivity index (χ2n) is 6.64. The summed E-state index contributed by atoms with van der Waals surface area (Å²) in [6.45, 7) is 1.85. The SMILES string of the molecule is C[C@H](CC(=O)c1cc(Cl)cnc1Oc1ccc(F)cc1Cl)c1ccc(C(=O)O)cc1. The highest BCUT2D eigenvalue weighted by Crippen LogP contribution is 2.33. The van der Waals surface area contributed by atoms with Gasteiger partial charge in [0.05, 0.1) is 21.2 Å². The lowest BCUT2D eigenvalue weighted by molar-refractivity contribution is 0.0696. The summed E-state index contributed by atoms with van der Waals surface area (Å²) in [6.07, 6.45) is 1.45. The monoisotopic (exact) mass is 447 g/mol. The van der Waals surface area contributed by atoms with Crippen LogP contribution in [0, 0.1) is 5.82 Å². The van der Waals surface area contributed by atoms with Crippen LogP contribution < -0.4 is 4.74 Å². The van der Waals surface area contributed by atoms with Crippen molar-refractivity contribution in [1.82, 2.24) is 4.98 Å². The number of pyridine rings is 1. The third kappa shape index (κ3) is 5.14. The molecule has 0 saturated carbocycles. The largest absolute Gasteiger partial charge is 0.478 e. The van der Waals surface area contributed by atoms with E-state index in [1.54, 1.807) is 12.1 Å². The van der Waals surface area contributed by atoms with Crippen LogP contribution in [0.2, 0.25) is 10.0 Å². The minimum absolute atomic E-state index is 0.00586. The molecule has 1 N–H and O–H groups in total. The number of ether oxygens (including phenoxy) is 1. The van der Waals surface area contributed by atoms with E-state index in [1.807, 2.05) is 6.92 Å². The summed E-state index contributed by atoms with van der Waals surface area (Å²) >= 11 is 12.0. The van der Waals surface area contributed by atoms with Crippen LogP contribution in [0.4, 0.5) is 4.39 Å². The predicted octanol–water partition coefficient (Wildman–Crippen LogP) is 6.39. The number of hydrogen-bond acceptors (Lipinski definition) is 4. The number of benzene rings is 2. The Morgan fingerprint density at radius 3 is 2.47 bits per heavy atom. The van der Waals surface area contributed by atoms with Crippen LogP contribution in [-0.2, 0) is 0 Å². The minimum Gasteiger partial charge on any atom is -0.478 e. The second kappa shape index (κ2) is 9.24. The molecule has 0 bridgehead atoms. The highest BCUT2D eigenvalue weighted by Gasteiger charge is 2.20. The molecule has 3 rings (SSSR count). The van der Waals surface area contributed by atoms with Gasteiger partial charge >= 0.3 is 5.97 Å². The average Bonchev–Trinajstić information content (AvgIpc) is 2.71. The van der Waals surface area contributed by atoms with Gasteiger partial charge in [-0.2, -0.15) is 0 Å². The lowest BCUT2D eigenvalue weighted by Crippen LogP contribution is -2.08. The lowest BCUT2D eigenvalue weighted by atomic mass is 9.93. The number of carboxylic acid groups (broad SMARTS) is 1. The maximum Gasteiger partial charge on any atom is 0.335 e. The molecule has 30 heavy (non-hydrogen) atoms. The van der Waals surface area contributed by atoms with Crippen LogP contribution in [0.15, 0.2) is 54.7 Å². The van der Waals surface area contributed by atoms with Gasteiger partial charge in [0.25, 0.3) is 0 Å². The fourth-order valence-electron chi connectivity index (χ4n) is 2.83. The van der Waals surface area contributed by atoms with Crippen molar-refractivity contribution in [2.45, 2.75) is 19.3 Å². The number of halogens is 3. The van der Waals surface area contributed by atoms with Crippen molar-refractivity contribution in [2.75, 3.05) is 0 Å². The van der Waals surface area contributed by atoms with Crippen molar-refractivity contribution in [1.29, 1.82) is 0 Å². The van der Waals surface area contributed by atoms with E-state index in [4.69, 9.17) is 33.0 Å². The molecule has 0 radical (unpaired) electrons. The zero-order chi connectivity index (χ0) is 21.8. The van der Waals surface area contributed by atoms with Crippen LogP contribution >= 0.6 is 23.2 Å². The van der Waals surface area contributed by atoms with Gasteiger partial charge in [-0.1, -0.05) is 42.3 Å². The number of aromatic nitrogens is 1. The molecule has 1 aromatic heterocycles. The average molecular weight is 448 g/mol. The molecule has 2 aromatic carbocycles. The number of carboxylic acids is 1. The van der Waals surface area contributed by atoms with Gasteiger partial charge in [0.1, 0.15) is 11.6 Å². The Balaban J connectivity index is 1.82. The molecule has 3 aromatic rings. The van der Waals surface area contributed by atoms with Crippen LogP contribution in [0.5, 0.6) is 11.6 Å². The molecular formula is C22H16Cl2FNO4. The summed E-state index contributed by atoms with van der Waals surface area (Å²) in [5.41, 5.74) is 1.15. The first-order chi connectivity index (χ1) is 14.2. The summed E-state index contributed by atoms with van der Waals surface area (Å²) in [4.78, 5) is 28.0. The van der Waals surface area contributed by atoms with Crippen LogP contribution in [0.3, 0.4) is 0 Å². The van der Waals surface area contributed by atoms with Gasteiger partial charge in [-0.15, -0.1) is 0 Å². The molecule has 1 heterocycles. The van der Waals surface area contributed by atoms with Crippen molar-refractivity contribution in [3.63, 3.8) is 0 Å². The Morgan fingerprint density at radius 2 is 1.83 bits per heavy atom. The first-order valence-corrected chi connectivity index (χ1v) is 9.65. The standard InChI is InChI=1S/C22H16Cl2FNO4/c1-12(13-2-4-14(5-3-13)22(28)29)8-19(27)17-9-15(23)11-26-21(17)30-20-7-6-16(25)10-18(20)24/h2-7,9-12H,8H2,1H3,(H,28,29)/t12-/m1/s1. The first kappa shape index (κ1) is 21.7. The second-order valence-corrected chi connectivity index (χ2v) is 7.48. The fourth-order valence-corrected chi connectivity index (χ4v) is 3.19.